The Kier molecular flexibility index (Phi) is 6.85. The molecule has 0 spiro atoms. The number of nitrogens with zero attached hydrogens (tertiary/aromatic N) is 1. The number of carbonyl (C=O) groups excluding carboxylic acids is 2. The van der Waals surface area contributed by atoms with E-state index in [2.05, 4.69) is 10.6 Å². The third-order valence-electron chi connectivity index (χ3n) is 5.14. The first-order valence-corrected chi connectivity index (χ1v) is 8.84. The van der Waals surface area contributed by atoms with Gasteiger partial charge in [-0.25, -0.2) is 0 Å². The van der Waals surface area contributed by atoms with Gasteiger partial charge in [0.1, 0.15) is 0 Å². The molecule has 0 saturated carbocycles. The number of carbonyl (C=O) groups is 2. The summed E-state index contributed by atoms with van der Waals surface area (Å²) in [7, 11) is 3.48. The number of rotatable bonds is 5. The van der Waals surface area contributed by atoms with E-state index in [0.29, 0.717) is 36.5 Å². The van der Waals surface area contributed by atoms with Crippen molar-refractivity contribution in [1.29, 1.82) is 0 Å². The minimum atomic E-state index is -0.00822. The first-order valence-electron chi connectivity index (χ1n) is 8.84. The molecular weight excluding hydrogens is 338 g/mol. The molecule has 2 saturated heterocycles. The maximum Gasteiger partial charge on any atom is 0.253 e. The number of piperidine rings is 1. The van der Waals surface area contributed by atoms with E-state index in [4.69, 9.17) is 0 Å². The Balaban J connectivity index is 0.00000225. The summed E-state index contributed by atoms with van der Waals surface area (Å²) in [4.78, 5) is 25.6. The summed E-state index contributed by atoms with van der Waals surface area (Å²) in [6, 6.07) is 8.69. The topological polar surface area (TPSA) is 61.4 Å². The first kappa shape index (κ1) is 19.7. The van der Waals surface area contributed by atoms with E-state index in [1.54, 1.807) is 19.0 Å². The Morgan fingerprint density at radius 3 is 2.28 bits per heavy atom. The molecule has 25 heavy (non-hydrogen) atoms. The van der Waals surface area contributed by atoms with Gasteiger partial charge < -0.3 is 15.5 Å². The van der Waals surface area contributed by atoms with Crippen molar-refractivity contribution in [2.24, 2.45) is 5.92 Å². The minimum Gasteiger partial charge on any atom is -0.352 e. The predicted molar refractivity (Wildman–Crippen MR) is 101 cm³/mol. The van der Waals surface area contributed by atoms with Crippen LogP contribution in [0.25, 0.3) is 0 Å². The van der Waals surface area contributed by atoms with Crippen LogP contribution in [0.5, 0.6) is 0 Å². The molecule has 0 aliphatic carbocycles. The van der Waals surface area contributed by atoms with E-state index in [-0.39, 0.29) is 24.2 Å². The Morgan fingerprint density at radius 2 is 1.72 bits per heavy atom. The summed E-state index contributed by atoms with van der Waals surface area (Å²) in [6.07, 6.45) is 5.42. The zero-order valence-corrected chi connectivity index (χ0v) is 15.8. The van der Waals surface area contributed by atoms with Gasteiger partial charge in [-0.3, -0.25) is 9.59 Å². The lowest BCUT2D eigenvalue weighted by atomic mass is 9.89. The molecule has 3 rings (SSSR count). The zero-order chi connectivity index (χ0) is 17.1. The van der Waals surface area contributed by atoms with Crippen molar-refractivity contribution in [3.63, 3.8) is 0 Å². The fourth-order valence-corrected chi connectivity index (χ4v) is 3.90. The molecule has 1 aromatic carbocycles. The molecule has 2 N–H and O–H groups in total. The lowest BCUT2D eigenvalue weighted by molar-refractivity contribution is -0.122. The molecular formula is C19H28ClN3O2. The van der Waals surface area contributed by atoms with Crippen molar-refractivity contribution in [3.05, 3.63) is 35.4 Å². The van der Waals surface area contributed by atoms with Crippen LogP contribution in [0, 0.1) is 5.92 Å². The largest absolute Gasteiger partial charge is 0.352 e. The van der Waals surface area contributed by atoms with E-state index in [9.17, 15) is 9.59 Å². The molecule has 0 radical (unpaired) electrons. The fourth-order valence-electron chi connectivity index (χ4n) is 3.90. The van der Waals surface area contributed by atoms with Crippen molar-refractivity contribution in [2.45, 2.75) is 50.7 Å². The van der Waals surface area contributed by atoms with Crippen molar-refractivity contribution >= 4 is 24.2 Å². The van der Waals surface area contributed by atoms with Gasteiger partial charge >= 0.3 is 0 Å². The molecule has 138 valence electrons. The van der Waals surface area contributed by atoms with Crippen LogP contribution in [0.4, 0.5) is 0 Å². The molecule has 2 fully saturated rings. The third-order valence-corrected chi connectivity index (χ3v) is 5.14. The summed E-state index contributed by atoms with van der Waals surface area (Å²) in [6.45, 7) is 0.521. The fraction of sp³-hybridized carbons (Fsp3) is 0.579. The smallest absolute Gasteiger partial charge is 0.253 e. The lowest BCUT2D eigenvalue weighted by Crippen LogP contribution is -2.39. The SMILES string of the molecule is CN(C)C(=O)c1ccc(CNC(=O)CC2CC3CCC(C2)N3)cc1.Cl. The van der Waals surface area contributed by atoms with Crippen molar-refractivity contribution < 1.29 is 9.59 Å². The van der Waals surface area contributed by atoms with Gasteiger partial charge in [0.05, 0.1) is 0 Å². The van der Waals surface area contributed by atoms with Crippen LogP contribution in [-0.4, -0.2) is 42.9 Å². The van der Waals surface area contributed by atoms with E-state index in [1.165, 1.54) is 12.8 Å². The summed E-state index contributed by atoms with van der Waals surface area (Å²) >= 11 is 0. The van der Waals surface area contributed by atoms with Gasteiger partial charge in [-0.15, -0.1) is 12.4 Å². The van der Waals surface area contributed by atoms with Gasteiger partial charge in [-0.1, -0.05) is 12.1 Å². The van der Waals surface area contributed by atoms with Crippen molar-refractivity contribution in [3.8, 4) is 0 Å². The Morgan fingerprint density at radius 1 is 1.12 bits per heavy atom. The monoisotopic (exact) mass is 365 g/mol. The van der Waals surface area contributed by atoms with Crippen LogP contribution in [-0.2, 0) is 11.3 Å². The van der Waals surface area contributed by atoms with Gasteiger partial charge in [0.25, 0.3) is 5.91 Å². The molecule has 2 aliphatic heterocycles. The number of hydrogen-bond acceptors (Lipinski definition) is 3. The molecule has 2 heterocycles. The normalized spacial score (nSPS) is 24.3. The molecule has 2 atom stereocenters. The van der Waals surface area contributed by atoms with E-state index in [1.807, 2.05) is 24.3 Å². The van der Waals surface area contributed by atoms with Gasteiger partial charge in [-0.05, 0) is 49.3 Å². The molecule has 1 aromatic rings. The van der Waals surface area contributed by atoms with Crippen molar-refractivity contribution in [1.82, 2.24) is 15.5 Å². The summed E-state index contributed by atoms with van der Waals surface area (Å²) in [5, 5.41) is 6.62. The summed E-state index contributed by atoms with van der Waals surface area (Å²) < 4.78 is 0. The van der Waals surface area contributed by atoms with Crippen LogP contribution in [0.1, 0.15) is 48.0 Å². The number of amides is 2. The van der Waals surface area contributed by atoms with Gasteiger partial charge in [0.2, 0.25) is 5.91 Å². The molecule has 0 aromatic heterocycles. The Labute approximate surface area is 155 Å². The van der Waals surface area contributed by atoms with E-state index >= 15 is 0 Å². The second kappa shape index (κ2) is 8.68. The number of benzene rings is 1. The first-order chi connectivity index (χ1) is 11.5. The maximum absolute atomic E-state index is 12.2. The standard InChI is InChI=1S/C19H27N3O2.ClH/c1-22(2)19(24)15-5-3-13(4-6-15)12-20-18(23)11-14-9-16-7-8-17(10-14)21-16;/h3-6,14,16-17,21H,7-12H2,1-2H3,(H,20,23);1H. The van der Waals surface area contributed by atoms with Crippen LogP contribution in [0.3, 0.4) is 0 Å². The highest BCUT2D eigenvalue weighted by Crippen LogP contribution is 2.32. The average Bonchev–Trinajstić information content (AvgIpc) is 2.91. The third kappa shape index (κ3) is 5.19. The average molecular weight is 366 g/mol. The van der Waals surface area contributed by atoms with E-state index < -0.39 is 0 Å². The number of fused-ring (bicyclic) bond motifs is 2. The number of halogens is 1. The second-order valence-corrected chi connectivity index (χ2v) is 7.35. The summed E-state index contributed by atoms with van der Waals surface area (Å²) in [5.74, 6) is 0.643. The van der Waals surface area contributed by atoms with E-state index in [0.717, 1.165) is 18.4 Å². The van der Waals surface area contributed by atoms with Gasteiger partial charge in [-0.2, -0.15) is 0 Å². The van der Waals surface area contributed by atoms with Crippen LogP contribution >= 0.6 is 12.4 Å². The highest BCUT2D eigenvalue weighted by atomic mass is 35.5. The van der Waals surface area contributed by atoms with Crippen LogP contribution in [0.15, 0.2) is 24.3 Å². The Hall–Kier alpha value is -1.59. The highest BCUT2D eigenvalue weighted by Gasteiger charge is 2.34. The Bertz CT molecular complexity index is 591. The molecule has 2 amide bonds. The van der Waals surface area contributed by atoms with Crippen LogP contribution in [0.2, 0.25) is 0 Å². The molecule has 6 heteroatoms. The quantitative estimate of drug-likeness (QED) is 0.842. The lowest BCUT2D eigenvalue weighted by Gasteiger charge is -2.28. The number of hydrogen-bond donors (Lipinski definition) is 2. The molecule has 2 aliphatic rings. The van der Waals surface area contributed by atoms with Gasteiger partial charge in [0, 0.05) is 44.7 Å². The molecule has 5 nitrogen and oxygen atoms in total. The predicted octanol–water partition coefficient (Wildman–Crippen LogP) is 2.35. The van der Waals surface area contributed by atoms with Crippen LogP contribution < -0.4 is 10.6 Å². The van der Waals surface area contributed by atoms with Crippen molar-refractivity contribution in [2.75, 3.05) is 14.1 Å². The number of nitrogens with one attached hydrogen (secondary N) is 2. The highest BCUT2D eigenvalue weighted by molar-refractivity contribution is 5.93. The maximum atomic E-state index is 12.2. The summed E-state index contributed by atoms with van der Waals surface area (Å²) in [5.41, 5.74) is 1.68. The minimum absolute atomic E-state index is 0. The van der Waals surface area contributed by atoms with Gasteiger partial charge in [0.15, 0.2) is 0 Å². The second-order valence-electron chi connectivity index (χ2n) is 7.35. The molecule has 2 bridgehead atoms. The zero-order valence-electron chi connectivity index (χ0n) is 15.0. The molecule has 2 unspecified atom stereocenters.